The van der Waals surface area contributed by atoms with Gasteiger partial charge in [0.1, 0.15) is 23.7 Å². The molecule has 0 atom stereocenters. The summed E-state index contributed by atoms with van der Waals surface area (Å²) < 4.78 is 0. The number of aryl methyl sites for hydroxylation is 1. The van der Waals surface area contributed by atoms with Gasteiger partial charge in [0.05, 0.1) is 5.02 Å². The highest BCUT2D eigenvalue weighted by molar-refractivity contribution is 6.33. The van der Waals surface area contributed by atoms with E-state index in [0.29, 0.717) is 18.8 Å². The lowest BCUT2D eigenvalue weighted by Crippen LogP contribution is -2.26. The molecule has 2 aromatic rings. The van der Waals surface area contributed by atoms with Gasteiger partial charge in [0, 0.05) is 13.0 Å². The summed E-state index contributed by atoms with van der Waals surface area (Å²) in [5.41, 5.74) is 2.51. The van der Waals surface area contributed by atoms with Crippen molar-refractivity contribution in [3.05, 3.63) is 35.0 Å². The van der Waals surface area contributed by atoms with Crippen LogP contribution in [-0.4, -0.2) is 32.6 Å². The second kappa shape index (κ2) is 6.83. The van der Waals surface area contributed by atoms with Crippen molar-refractivity contribution in [3.63, 3.8) is 0 Å². The number of hydrogen-bond donors (Lipinski definition) is 4. The van der Waals surface area contributed by atoms with E-state index in [9.17, 15) is 4.79 Å². The first kappa shape index (κ1) is 14.2. The first-order valence-electron chi connectivity index (χ1n) is 5.96. The van der Waals surface area contributed by atoms with Crippen LogP contribution in [0, 0.1) is 0 Å². The van der Waals surface area contributed by atoms with Gasteiger partial charge in [-0.15, -0.1) is 0 Å². The van der Waals surface area contributed by atoms with E-state index in [1.807, 2.05) is 0 Å². The molecule has 0 aliphatic rings. The quantitative estimate of drug-likeness (QED) is 0.350. The standard InChI is InChI=1S/C11H14ClN7O/c12-7-3-4-9(18-13)17-10(7)11(20)14-5-1-2-8-15-6-16-19-8/h3-4,6H,1-2,5,13H2,(H,14,20)(H,17,18)(H,15,16,19). The fourth-order valence-corrected chi connectivity index (χ4v) is 1.77. The molecule has 0 unspecified atom stereocenters. The van der Waals surface area contributed by atoms with Crippen molar-refractivity contribution < 1.29 is 4.79 Å². The Hall–Kier alpha value is -2.19. The Kier molecular flexibility index (Phi) is 4.85. The molecule has 0 aliphatic heterocycles. The largest absolute Gasteiger partial charge is 0.351 e. The number of nitrogens with two attached hydrogens (primary N) is 1. The molecule has 0 saturated heterocycles. The molecule has 0 spiro atoms. The highest BCUT2D eigenvalue weighted by Crippen LogP contribution is 2.15. The highest BCUT2D eigenvalue weighted by atomic mass is 35.5. The lowest BCUT2D eigenvalue weighted by atomic mass is 10.3. The SMILES string of the molecule is NNc1ccc(Cl)c(C(=O)NCCCc2ncn[nH]2)n1. The Morgan fingerprint density at radius 1 is 1.45 bits per heavy atom. The van der Waals surface area contributed by atoms with Gasteiger partial charge in [0.2, 0.25) is 0 Å². The molecule has 2 rings (SSSR count). The van der Waals surface area contributed by atoms with Crippen LogP contribution in [0.5, 0.6) is 0 Å². The minimum absolute atomic E-state index is 0.141. The van der Waals surface area contributed by atoms with Crippen molar-refractivity contribution in [1.82, 2.24) is 25.5 Å². The number of amides is 1. The number of H-pyrrole nitrogens is 1. The molecule has 0 aliphatic carbocycles. The van der Waals surface area contributed by atoms with E-state index in [1.54, 1.807) is 12.1 Å². The number of hydrogen-bond acceptors (Lipinski definition) is 6. The van der Waals surface area contributed by atoms with Crippen LogP contribution in [-0.2, 0) is 6.42 Å². The summed E-state index contributed by atoms with van der Waals surface area (Å²) in [6, 6.07) is 3.15. The first-order valence-corrected chi connectivity index (χ1v) is 6.34. The van der Waals surface area contributed by atoms with E-state index in [1.165, 1.54) is 6.33 Å². The lowest BCUT2D eigenvalue weighted by Gasteiger charge is -2.07. The third kappa shape index (κ3) is 3.65. The normalized spacial score (nSPS) is 10.3. The Morgan fingerprint density at radius 3 is 3.00 bits per heavy atom. The van der Waals surface area contributed by atoms with Crippen molar-refractivity contribution in [2.75, 3.05) is 12.0 Å². The number of hydrazine groups is 1. The maximum atomic E-state index is 11.9. The van der Waals surface area contributed by atoms with Crippen molar-refractivity contribution >= 4 is 23.3 Å². The second-order valence-corrected chi connectivity index (χ2v) is 4.37. The van der Waals surface area contributed by atoms with E-state index in [2.05, 4.69) is 30.9 Å². The molecule has 0 radical (unpaired) electrons. The molecular formula is C11H14ClN7O. The van der Waals surface area contributed by atoms with Crippen LogP contribution >= 0.6 is 11.6 Å². The van der Waals surface area contributed by atoms with Gasteiger partial charge in [-0.1, -0.05) is 11.6 Å². The maximum absolute atomic E-state index is 11.9. The van der Waals surface area contributed by atoms with E-state index in [-0.39, 0.29) is 16.6 Å². The second-order valence-electron chi connectivity index (χ2n) is 3.96. The summed E-state index contributed by atoms with van der Waals surface area (Å²) in [6.07, 6.45) is 2.88. The van der Waals surface area contributed by atoms with Gasteiger partial charge in [-0.25, -0.2) is 15.8 Å². The van der Waals surface area contributed by atoms with Crippen molar-refractivity contribution in [1.29, 1.82) is 0 Å². The first-order chi connectivity index (χ1) is 9.70. The van der Waals surface area contributed by atoms with Crippen molar-refractivity contribution in [2.45, 2.75) is 12.8 Å². The molecule has 1 amide bonds. The summed E-state index contributed by atoms with van der Waals surface area (Å²) in [7, 11) is 0. The zero-order valence-electron chi connectivity index (χ0n) is 10.6. The van der Waals surface area contributed by atoms with Crippen LogP contribution in [0.4, 0.5) is 5.82 Å². The molecule has 8 nitrogen and oxygen atoms in total. The molecule has 2 heterocycles. The van der Waals surface area contributed by atoms with Crippen LogP contribution in [0.25, 0.3) is 0 Å². The average molecular weight is 296 g/mol. The number of nitrogen functional groups attached to an aromatic ring is 1. The summed E-state index contributed by atoms with van der Waals surface area (Å²) in [4.78, 5) is 19.9. The van der Waals surface area contributed by atoms with Crippen LogP contribution in [0.2, 0.25) is 5.02 Å². The number of anilines is 1. The van der Waals surface area contributed by atoms with Crippen molar-refractivity contribution in [2.24, 2.45) is 5.84 Å². The number of pyridine rings is 1. The van der Waals surface area contributed by atoms with Gasteiger partial charge < -0.3 is 10.7 Å². The molecule has 106 valence electrons. The molecule has 5 N–H and O–H groups in total. The van der Waals surface area contributed by atoms with Crippen LogP contribution in [0.3, 0.4) is 0 Å². The molecule has 20 heavy (non-hydrogen) atoms. The van der Waals surface area contributed by atoms with Crippen LogP contribution in [0.15, 0.2) is 18.5 Å². The summed E-state index contributed by atoms with van der Waals surface area (Å²) in [5.74, 6) is 6.06. The lowest BCUT2D eigenvalue weighted by molar-refractivity contribution is 0.0948. The van der Waals surface area contributed by atoms with Gasteiger partial charge in [-0.2, -0.15) is 5.10 Å². The Labute approximate surface area is 120 Å². The fraction of sp³-hybridized carbons (Fsp3) is 0.273. The smallest absolute Gasteiger partial charge is 0.271 e. The summed E-state index contributed by atoms with van der Waals surface area (Å²) in [5, 5.41) is 9.51. The molecule has 9 heteroatoms. The van der Waals surface area contributed by atoms with Gasteiger partial charge in [-0.3, -0.25) is 9.89 Å². The molecular weight excluding hydrogens is 282 g/mol. The van der Waals surface area contributed by atoms with Gasteiger partial charge in [-0.05, 0) is 18.6 Å². The van der Waals surface area contributed by atoms with Crippen LogP contribution in [0.1, 0.15) is 22.7 Å². The third-order valence-corrected chi connectivity index (χ3v) is 2.85. The topological polar surface area (TPSA) is 122 Å². The number of rotatable bonds is 6. The van der Waals surface area contributed by atoms with Gasteiger partial charge in [0.25, 0.3) is 5.91 Å². The number of aromatic amines is 1. The number of carbonyl (C=O) groups excluding carboxylic acids is 1. The summed E-state index contributed by atoms with van der Waals surface area (Å²) >= 11 is 5.93. The molecule has 0 fully saturated rings. The number of nitrogens with zero attached hydrogens (tertiary/aromatic N) is 3. The minimum atomic E-state index is -0.343. The van der Waals surface area contributed by atoms with Crippen LogP contribution < -0.4 is 16.6 Å². The minimum Gasteiger partial charge on any atom is -0.351 e. The predicted octanol–water partition coefficient (Wildman–Crippen LogP) is 0.501. The zero-order valence-corrected chi connectivity index (χ0v) is 11.3. The van der Waals surface area contributed by atoms with Gasteiger partial charge >= 0.3 is 0 Å². The van der Waals surface area contributed by atoms with E-state index < -0.39 is 0 Å². The Balaban J connectivity index is 1.85. The van der Waals surface area contributed by atoms with E-state index in [0.717, 1.165) is 12.2 Å². The highest BCUT2D eigenvalue weighted by Gasteiger charge is 2.12. The number of halogens is 1. The Bertz CT molecular complexity index is 572. The zero-order chi connectivity index (χ0) is 14.4. The monoisotopic (exact) mass is 295 g/mol. The molecule has 0 bridgehead atoms. The summed E-state index contributed by atoms with van der Waals surface area (Å²) in [6.45, 7) is 0.484. The van der Waals surface area contributed by atoms with Crippen molar-refractivity contribution in [3.8, 4) is 0 Å². The molecule has 2 aromatic heterocycles. The predicted molar refractivity (Wildman–Crippen MR) is 74.1 cm³/mol. The van der Waals surface area contributed by atoms with E-state index >= 15 is 0 Å². The Morgan fingerprint density at radius 2 is 2.30 bits per heavy atom. The third-order valence-electron chi connectivity index (χ3n) is 2.55. The average Bonchev–Trinajstić information content (AvgIpc) is 2.97. The number of nitrogens with one attached hydrogen (secondary N) is 3. The molecule has 0 aromatic carbocycles. The number of aromatic nitrogens is 4. The maximum Gasteiger partial charge on any atom is 0.271 e. The molecule has 0 saturated carbocycles. The van der Waals surface area contributed by atoms with E-state index in [4.69, 9.17) is 17.4 Å². The fourth-order valence-electron chi connectivity index (χ4n) is 1.57. The van der Waals surface area contributed by atoms with Gasteiger partial charge in [0.15, 0.2) is 0 Å². The number of carbonyl (C=O) groups is 1.